The summed E-state index contributed by atoms with van der Waals surface area (Å²) in [6, 6.07) is 10.2. The van der Waals surface area contributed by atoms with E-state index in [1.165, 1.54) is 0 Å². The molecule has 2 aromatic heterocycles. The number of para-hydroxylation sites is 1. The van der Waals surface area contributed by atoms with Crippen LogP contribution in [0.15, 0.2) is 46.3 Å². The van der Waals surface area contributed by atoms with Gasteiger partial charge in [0.2, 0.25) is 0 Å². The molecule has 0 saturated carbocycles. The lowest BCUT2D eigenvalue weighted by molar-refractivity contribution is 0.0412. The molecule has 0 aliphatic carbocycles. The summed E-state index contributed by atoms with van der Waals surface area (Å²) >= 11 is 1.56. The molecule has 29 heavy (non-hydrogen) atoms. The number of nitrogens with zero attached hydrogens (tertiary/aromatic N) is 3. The number of hydrogen-bond donors (Lipinski definition) is 0. The van der Waals surface area contributed by atoms with Gasteiger partial charge in [0, 0.05) is 49.2 Å². The molecule has 6 nitrogen and oxygen atoms in total. The van der Waals surface area contributed by atoms with Gasteiger partial charge in [0.1, 0.15) is 11.7 Å². The fourth-order valence-corrected chi connectivity index (χ4v) is 5.00. The van der Waals surface area contributed by atoms with E-state index in [1.807, 2.05) is 40.6 Å². The molecule has 4 heterocycles. The predicted octanol–water partition coefficient (Wildman–Crippen LogP) is 4.04. The Morgan fingerprint density at radius 1 is 1.10 bits per heavy atom. The first-order chi connectivity index (χ1) is 14.3. The molecule has 2 aliphatic heterocycles. The van der Waals surface area contributed by atoms with Gasteiger partial charge in [-0.05, 0) is 37.8 Å². The summed E-state index contributed by atoms with van der Waals surface area (Å²) in [5.74, 6) is 0.458. The van der Waals surface area contributed by atoms with Crippen molar-refractivity contribution in [3.8, 4) is 5.19 Å². The van der Waals surface area contributed by atoms with Gasteiger partial charge in [-0.2, -0.15) is 0 Å². The van der Waals surface area contributed by atoms with Crippen LogP contribution in [0.1, 0.15) is 36.2 Å². The maximum atomic E-state index is 12.8. The minimum atomic E-state index is 0.00945. The smallest absolute Gasteiger partial charge is 0.289 e. The summed E-state index contributed by atoms with van der Waals surface area (Å²) in [6.45, 7) is 3.68. The van der Waals surface area contributed by atoms with Crippen molar-refractivity contribution in [1.82, 2.24) is 14.8 Å². The second-order valence-corrected chi connectivity index (χ2v) is 8.68. The lowest BCUT2D eigenvalue weighted by Gasteiger charge is -2.41. The first-order valence-corrected chi connectivity index (χ1v) is 11.2. The number of hydrogen-bond acceptors (Lipinski definition) is 6. The van der Waals surface area contributed by atoms with E-state index in [0.717, 1.165) is 68.0 Å². The first-order valence-electron chi connectivity index (χ1n) is 10.3. The molecule has 0 bridgehead atoms. The minimum absolute atomic E-state index is 0.00945. The van der Waals surface area contributed by atoms with Gasteiger partial charge in [0.05, 0.1) is 0 Å². The summed E-state index contributed by atoms with van der Waals surface area (Å²) in [6.07, 6.45) is 6.17. The summed E-state index contributed by atoms with van der Waals surface area (Å²) in [4.78, 5) is 21.6. The van der Waals surface area contributed by atoms with Crippen molar-refractivity contribution in [1.29, 1.82) is 0 Å². The van der Waals surface area contributed by atoms with E-state index >= 15 is 0 Å². The molecule has 2 aliphatic rings. The maximum absolute atomic E-state index is 12.8. The molecule has 0 atom stereocenters. The van der Waals surface area contributed by atoms with Gasteiger partial charge in [-0.3, -0.25) is 9.69 Å². The minimum Gasteiger partial charge on any atom is -0.467 e. The SMILES string of the molecule is O=C(c1cc2ccccc2o1)N1CCC(N2CCC(Oc3nccs3)CC2)CC1. The highest BCUT2D eigenvalue weighted by molar-refractivity contribution is 7.11. The highest BCUT2D eigenvalue weighted by atomic mass is 32.1. The van der Waals surface area contributed by atoms with E-state index in [-0.39, 0.29) is 12.0 Å². The second-order valence-electron chi connectivity index (χ2n) is 7.82. The van der Waals surface area contributed by atoms with Crippen LogP contribution < -0.4 is 4.74 Å². The summed E-state index contributed by atoms with van der Waals surface area (Å²) < 4.78 is 11.7. The van der Waals surface area contributed by atoms with Crippen LogP contribution in [0, 0.1) is 0 Å². The van der Waals surface area contributed by atoms with Crippen molar-refractivity contribution in [2.45, 2.75) is 37.8 Å². The molecule has 2 saturated heterocycles. The molecule has 2 fully saturated rings. The quantitative estimate of drug-likeness (QED) is 0.649. The highest BCUT2D eigenvalue weighted by Crippen LogP contribution is 2.26. The largest absolute Gasteiger partial charge is 0.467 e. The van der Waals surface area contributed by atoms with Gasteiger partial charge in [0.15, 0.2) is 5.76 Å². The lowest BCUT2D eigenvalue weighted by atomic mass is 9.98. The standard InChI is InChI=1S/C22H25N3O3S/c26-21(20-15-16-3-1-2-4-19(16)28-20)25-10-5-17(6-11-25)24-12-7-18(8-13-24)27-22-23-9-14-29-22/h1-4,9,14-15,17-18H,5-8,10-13H2. The lowest BCUT2D eigenvalue weighted by Crippen LogP contribution is -2.50. The molecule has 152 valence electrons. The van der Waals surface area contributed by atoms with Crippen molar-refractivity contribution in [3.63, 3.8) is 0 Å². The topological polar surface area (TPSA) is 58.8 Å². The highest BCUT2D eigenvalue weighted by Gasteiger charge is 2.31. The molecule has 0 spiro atoms. The number of fused-ring (bicyclic) bond motifs is 1. The van der Waals surface area contributed by atoms with Gasteiger partial charge in [-0.15, -0.1) is 0 Å². The average Bonchev–Trinajstić information content (AvgIpc) is 3.43. The number of ether oxygens (including phenoxy) is 1. The number of thiazole rings is 1. The van der Waals surface area contributed by atoms with Gasteiger partial charge in [-0.25, -0.2) is 4.98 Å². The number of carbonyl (C=O) groups is 1. The van der Waals surface area contributed by atoms with Crippen LogP contribution >= 0.6 is 11.3 Å². The molecule has 0 radical (unpaired) electrons. The van der Waals surface area contributed by atoms with Crippen molar-refractivity contribution < 1.29 is 13.9 Å². The van der Waals surface area contributed by atoms with E-state index in [0.29, 0.717) is 11.8 Å². The maximum Gasteiger partial charge on any atom is 0.289 e. The molecule has 5 rings (SSSR count). The van der Waals surface area contributed by atoms with Crippen LogP contribution in [0.2, 0.25) is 0 Å². The third kappa shape index (κ3) is 4.02. The van der Waals surface area contributed by atoms with Crippen molar-refractivity contribution >= 4 is 28.2 Å². The van der Waals surface area contributed by atoms with Crippen LogP contribution in [0.25, 0.3) is 11.0 Å². The number of piperidine rings is 2. The van der Waals surface area contributed by atoms with Crippen LogP contribution in [0.5, 0.6) is 5.19 Å². The summed E-state index contributed by atoms with van der Waals surface area (Å²) in [5.41, 5.74) is 0.772. The Kier molecular flexibility index (Phi) is 5.24. The molecule has 0 N–H and O–H groups in total. The number of likely N-dealkylation sites (tertiary alicyclic amines) is 2. The van der Waals surface area contributed by atoms with Gasteiger partial charge in [-0.1, -0.05) is 29.5 Å². The molecule has 1 amide bonds. The number of aromatic nitrogens is 1. The number of furan rings is 1. The zero-order valence-corrected chi connectivity index (χ0v) is 17.1. The third-order valence-electron chi connectivity index (χ3n) is 6.06. The molecule has 7 heteroatoms. The normalized spacial score (nSPS) is 19.7. The second kappa shape index (κ2) is 8.16. The average molecular weight is 412 g/mol. The van der Waals surface area contributed by atoms with Gasteiger partial charge in [0.25, 0.3) is 11.1 Å². The van der Waals surface area contributed by atoms with Crippen LogP contribution in [0.3, 0.4) is 0 Å². The van der Waals surface area contributed by atoms with E-state index < -0.39 is 0 Å². The number of carbonyl (C=O) groups excluding carboxylic acids is 1. The summed E-state index contributed by atoms with van der Waals surface area (Å²) in [7, 11) is 0. The van der Waals surface area contributed by atoms with Crippen LogP contribution in [0.4, 0.5) is 0 Å². The van der Waals surface area contributed by atoms with Crippen molar-refractivity contribution in [3.05, 3.63) is 47.7 Å². The Bertz CT molecular complexity index is 922. The Morgan fingerprint density at radius 3 is 2.62 bits per heavy atom. The molecule has 0 unspecified atom stereocenters. The van der Waals surface area contributed by atoms with E-state index in [4.69, 9.17) is 9.15 Å². The van der Waals surface area contributed by atoms with E-state index in [2.05, 4.69) is 9.88 Å². The van der Waals surface area contributed by atoms with E-state index in [1.54, 1.807) is 17.5 Å². The van der Waals surface area contributed by atoms with Crippen LogP contribution in [-0.2, 0) is 0 Å². The van der Waals surface area contributed by atoms with Crippen molar-refractivity contribution in [2.24, 2.45) is 0 Å². The molecule has 3 aromatic rings. The van der Waals surface area contributed by atoms with Crippen LogP contribution in [-0.4, -0.2) is 59.0 Å². The number of rotatable bonds is 4. The zero-order chi connectivity index (χ0) is 19.6. The monoisotopic (exact) mass is 411 g/mol. The summed E-state index contributed by atoms with van der Waals surface area (Å²) in [5, 5.41) is 3.71. The van der Waals surface area contributed by atoms with Crippen molar-refractivity contribution in [2.75, 3.05) is 26.2 Å². The molecular weight excluding hydrogens is 386 g/mol. The zero-order valence-electron chi connectivity index (χ0n) is 16.3. The number of amides is 1. The molecular formula is C22H25N3O3S. The fourth-order valence-electron chi connectivity index (χ4n) is 4.45. The Labute approximate surface area is 174 Å². The third-order valence-corrected chi connectivity index (χ3v) is 6.72. The Morgan fingerprint density at radius 2 is 1.90 bits per heavy atom. The predicted molar refractivity (Wildman–Crippen MR) is 112 cm³/mol. The van der Waals surface area contributed by atoms with Gasteiger partial charge < -0.3 is 14.1 Å². The fraction of sp³-hybridized carbons (Fsp3) is 0.455. The van der Waals surface area contributed by atoms with Gasteiger partial charge >= 0.3 is 0 Å². The number of benzene rings is 1. The Balaban J connectivity index is 1.12. The molecule has 1 aromatic carbocycles. The first kappa shape index (κ1) is 18.6. The van der Waals surface area contributed by atoms with E-state index in [9.17, 15) is 4.79 Å². The Hall–Kier alpha value is -2.38.